The van der Waals surface area contributed by atoms with Crippen LogP contribution in [0.15, 0.2) is 4.52 Å². The quantitative estimate of drug-likeness (QED) is 0.740. The predicted molar refractivity (Wildman–Crippen MR) is 50.5 cm³/mol. The van der Waals surface area contributed by atoms with E-state index in [0.717, 1.165) is 25.9 Å². The van der Waals surface area contributed by atoms with Crippen molar-refractivity contribution in [2.24, 2.45) is 0 Å². The van der Waals surface area contributed by atoms with Gasteiger partial charge in [0.15, 0.2) is 5.82 Å². The largest absolute Gasteiger partial charge is 0.481 e. The third-order valence-corrected chi connectivity index (χ3v) is 2.48. The van der Waals surface area contributed by atoms with E-state index in [0.29, 0.717) is 5.89 Å². The average molecular weight is 211 g/mol. The molecule has 1 saturated heterocycles. The summed E-state index contributed by atoms with van der Waals surface area (Å²) >= 11 is 0. The third kappa shape index (κ3) is 2.53. The van der Waals surface area contributed by atoms with E-state index in [1.54, 1.807) is 0 Å². The first-order valence-electron chi connectivity index (χ1n) is 5.00. The summed E-state index contributed by atoms with van der Waals surface area (Å²) in [6, 6.07) is 0. The minimum atomic E-state index is -0.937. The summed E-state index contributed by atoms with van der Waals surface area (Å²) in [4.78, 5) is 14.5. The third-order valence-electron chi connectivity index (χ3n) is 2.48. The summed E-state index contributed by atoms with van der Waals surface area (Å²) in [5, 5.41) is 15.4. The monoisotopic (exact) mass is 211 g/mol. The molecule has 0 bridgehead atoms. The van der Waals surface area contributed by atoms with E-state index in [9.17, 15) is 4.79 Å². The van der Waals surface area contributed by atoms with E-state index >= 15 is 0 Å². The van der Waals surface area contributed by atoms with Gasteiger partial charge in [0, 0.05) is 5.92 Å². The summed E-state index contributed by atoms with van der Waals surface area (Å²) in [6.07, 6.45) is 1.76. The van der Waals surface area contributed by atoms with Gasteiger partial charge in [-0.05, 0) is 25.9 Å². The first kappa shape index (κ1) is 10.1. The average Bonchev–Trinajstić information content (AvgIpc) is 2.67. The Morgan fingerprint density at radius 3 is 2.93 bits per heavy atom. The van der Waals surface area contributed by atoms with Crippen LogP contribution in [0.25, 0.3) is 0 Å². The molecule has 2 rings (SSSR count). The van der Waals surface area contributed by atoms with Crippen LogP contribution < -0.4 is 5.32 Å². The molecule has 1 fully saturated rings. The molecule has 2 N–H and O–H groups in total. The number of aromatic nitrogens is 2. The van der Waals surface area contributed by atoms with Crippen molar-refractivity contribution < 1.29 is 14.4 Å². The summed E-state index contributed by atoms with van der Waals surface area (Å²) in [7, 11) is 0. The van der Waals surface area contributed by atoms with Crippen molar-refractivity contribution in [3.05, 3.63) is 11.7 Å². The molecule has 1 aromatic rings. The normalized spacial score (nSPS) is 17.9. The van der Waals surface area contributed by atoms with Gasteiger partial charge in [-0.15, -0.1) is 0 Å². The van der Waals surface area contributed by atoms with Crippen molar-refractivity contribution in [1.82, 2.24) is 15.5 Å². The summed E-state index contributed by atoms with van der Waals surface area (Å²) in [6.45, 7) is 1.89. The number of hydrogen-bond acceptors (Lipinski definition) is 5. The fourth-order valence-corrected chi connectivity index (χ4v) is 1.71. The number of aliphatic carboxylic acids is 1. The molecule has 1 aromatic heterocycles. The second kappa shape index (κ2) is 4.39. The van der Waals surface area contributed by atoms with Crippen molar-refractivity contribution >= 4 is 5.97 Å². The molecule has 82 valence electrons. The molecule has 0 atom stereocenters. The molecule has 0 spiro atoms. The van der Waals surface area contributed by atoms with Crippen molar-refractivity contribution in [1.29, 1.82) is 0 Å². The van der Waals surface area contributed by atoms with Crippen LogP contribution in [-0.2, 0) is 11.2 Å². The number of carboxylic acid groups (broad SMARTS) is 1. The maximum absolute atomic E-state index is 10.4. The molecule has 0 radical (unpaired) electrons. The summed E-state index contributed by atoms with van der Waals surface area (Å²) < 4.78 is 5.05. The van der Waals surface area contributed by atoms with Crippen LogP contribution in [0.2, 0.25) is 0 Å². The van der Waals surface area contributed by atoms with E-state index in [-0.39, 0.29) is 18.2 Å². The fourth-order valence-electron chi connectivity index (χ4n) is 1.71. The van der Waals surface area contributed by atoms with Gasteiger partial charge in [-0.2, -0.15) is 4.98 Å². The van der Waals surface area contributed by atoms with Gasteiger partial charge in [0.05, 0.1) is 0 Å². The van der Waals surface area contributed by atoms with E-state index in [1.807, 2.05) is 0 Å². The molecule has 6 nitrogen and oxygen atoms in total. The van der Waals surface area contributed by atoms with Crippen molar-refractivity contribution in [2.75, 3.05) is 13.1 Å². The SMILES string of the molecule is O=C(O)Cc1noc(C2CCNCC2)n1. The van der Waals surface area contributed by atoms with Crippen LogP contribution in [0.3, 0.4) is 0 Å². The minimum absolute atomic E-state index is 0.172. The molecule has 1 aliphatic heterocycles. The highest BCUT2D eigenvalue weighted by Gasteiger charge is 2.21. The number of piperidine rings is 1. The molecule has 1 aliphatic rings. The number of hydrogen-bond donors (Lipinski definition) is 2. The van der Waals surface area contributed by atoms with Crippen LogP contribution in [0.1, 0.15) is 30.5 Å². The van der Waals surface area contributed by atoms with Gasteiger partial charge in [-0.1, -0.05) is 5.16 Å². The molecule has 0 saturated carbocycles. The number of nitrogens with zero attached hydrogens (tertiary/aromatic N) is 2. The number of rotatable bonds is 3. The van der Waals surface area contributed by atoms with Crippen LogP contribution in [0.4, 0.5) is 0 Å². The van der Waals surface area contributed by atoms with Crippen molar-refractivity contribution in [2.45, 2.75) is 25.2 Å². The van der Waals surface area contributed by atoms with Gasteiger partial charge < -0.3 is 14.9 Å². The lowest BCUT2D eigenvalue weighted by atomic mass is 9.98. The Morgan fingerprint density at radius 1 is 1.53 bits per heavy atom. The predicted octanol–water partition coefficient (Wildman–Crippen LogP) is 0.164. The zero-order valence-corrected chi connectivity index (χ0v) is 8.27. The Hall–Kier alpha value is -1.43. The van der Waals surface area contributed by atoms with Gasteiger partial charge in [0.25, 0.3) is 0 Å². The maximum Gasteiger partial charge on any atom is 0.311 e. The summed E-state index contributed by atoms with van der Waals surface area (Å²) in [5.41, 5.74) is 0. The van der Waals surface area contributed by atoms with Gasteiger partial charge in [-0.3, -0.25) is 4.79 Å². The molecule has 2 heterocycles. The van der Waals surface area contributed by atoms with Gasteiger partial charge >= 0.3 is 5.97 Å². The lowest BCUT2D eigenvalue weighted by Gasteiger charge is -2.18. The zero-order valence-electron chi connectivity index (χ0n) is 8.27. The Labute approximate surface area is 86.7 Å². The highest BCUT2D eigenvalue weighted by atomic mass is 16.5. The molecule has 0 aromatic carbocycles. The topological polar surface area (TPSA) is 88.2 Å². The molecule has 0 amide bonds. The standard InChI is InChI=1S/C9H13N3O3/c13-8(14)5-7-11-9(15-12-7)6-1-3-10-4-2-6/h6,10H,1-5H2,(H,13,14). The number of carbonyl (C=O) groups is 1. The molecule has 0 aliphatic carbocycles. The lowest BCUT2D eigenvalue weighted by molar-refractivity contribution is -0.136. The number of nitrogens with one attached hydrogen (secondary N) is 1. The van der Waals surface area contributed by atoms with E-state index < -0.39 is 5.97 Å². The fraction of sp³-hybridized carbons (Fsp3) is 0.667. The van der Waals surface area contributed by atoms with Crippen LogP contribution in [-0.4, -0.2) is 34.3 Å². The Balaban J connectivity index is 2.02. The molecule has 0 unspecified atom stereocenters. The first-order valence-corrected chi connectivity index (χ1v) is 5.00. The Morgan fingerprint density at radius 2 is 2.27 bits per heavy atom. The van der Waals surface area contributed by atoms with Crippen LogP contribution in [0.5, 0.6) is 0 Å². The maximum atomic E-state index is 10.4. The first-order chi connectivity index (χ1) is 7.25. The summed E-state index contributed by atoms with van der Waals surface area (Å²) in [5.74, 6) is 0.178. The van der Waals surface area contributed by atoms with E-state index in [1.165, 1.54) is 0 Å². The molecular formula is C9H13N3O3. The Bertz CT molecular complexity index is 344. The minimum Gasteiger partial charge on any atom is -0.481 e. The lowest BCUT2D eigenvalue weighted by Crippen LogP contribution is -2.26. The second-order valence-corrected chi connectivity index (χ2v) is 3.64. The molecular weight excluding hydrogens is 198 g/mol. The van der Waals surface area contributed by atoms with Crippen LogP contribution >= 0.6 is 0 Å². The van der Waals surface area contributed by atoms with Crippen molar-refractivity contribution in [3.8, 4) is 0 Å². The van der Waals surface area contributed by atoms with Crippen molar-refractivity contribution in [3.63, 3.8) is 0 Å². The van der Waals surface area contributed by atoms with Crippen LogP contribution in [0, 0.1) is 0 Å². The Kier molecular flexibility index (Phi) is 2.96. The second-order valence-electron chi connectivity index (χ2n) is 3.64. The number of carboxylic acids is 1. The zero-order chi connectivity index (χ0) is 10.7. The molecule has 6 heteroatoms. The highest BCUT2D eigenvalue weighted by Crippen LogP contribution is 2.23. The van der Waals surface area contributed by atoms with Gasteiger partial charge in [0.1, 0.15) is 6.42 Å². The van der Waals surface area contributed by atoms with Gasteiger partial charge in [0.2, 0.25) is 5.89 Å². The van der Waals surface area contributed by atoms with Gasteiger partial charge in [-0.25, -0.2) is 0 Å². The molecule has 15 heavy (non-hydrogen) atoms. The van der Waals surface area contributed by atoms with E-state index in [2.05, 4.69) is 15.5 Å². The van der Waals surface area contributed by atoms with E-state index in [4.69, 9.17) is 9.63 Å². The highest BCUT2D eigenvalue weighted by molar-refractivity contribution is 5.68. The smallest absolute Gasteiger partial charge is 0.311 e.